The zero-order chi connectivity index (χ0) is 18.2. The van der Waals surface area contributed by atoms with Gasteiger partial charge in [-0.1, -0.05) is 24.3 Å². The van der Waals surface area contributed by atoms with E-state index in [1.54, 1.807) is 36.4 Å². The molecular formula is C19H19FN2O3. The summed E-state index contributed by atoms with van der Waals surface area (Å²) in [5.74, 6) is -0.763. The first kappa shape index (κ1) is 18.2. The number of methoxy groups -OCH3 is 1. The van der Waals surface area contributed by atoms with Gasteiger partial charge in [-0.05, 0) is 35.9 Å². The molecule has 2 aromatic carbocycles. The van der Waals surface area contributed by atoms with Crippen molar-refractivity contribution in [2.75, 3.05) is 18.6 Å². The largest absolute Gasteiger partial charge is 0.495 e. The van der Waals surface area contributed by atoms with Crippen LogP contribution in [0.5, 0.6) is 5.75 Å². The highest BCUT2D eigenvalue weighted by molar-refractivity contribution is 6.05. The van der Waals surface area contributed by atoms with Gasteiger partial charge in [-0.2, -0.15) is 0 Å². The van der Waals surface area contributed by atoms with Crippen LogP contribution in [-0.2, 0) is 9.59 Å². The van der Waals surface area contributed by atoms with E-state index in [1.807, 2.05) is 0 Å². The first-order chi connectivity index (χ1) is 12.0. The molecule has 0 spiro atoms. The summed E-state index contributed by atoms with van der Waals surface area (Å²) >= 11 is 0. The van der Waals surface area contributed by atoms with Gasteiger partial charge in [-0.25, -0.2) is 4.39 Å². The third kappa shape index (κ3) is 5.17. The lowest BCUT2D eigenvalue weighted by Gasteiger charge is -2.23. The maximum atomic E-state index is 13.2. The summed E-state index contributed by atoms with van der Waals surface area (Å²) in [5.41, 5.74) is 6.29. The van der Waals surface area contributed by atoms with Crippen LogP contribution in [-0.4, -0.2) is 25.5 Å². The fourth-order valence-electron chi connectivity index (χ4n) is 2.29. The number of hydrogen-bond acceptors (Lipinski definition) is 3. The van der Waals surface area contributed by atoms with E-state index in [-0.39, 0.29) is 24.7 Å². The van der Waals surface area contributed by atoms with Gasteiger partial charge in [0.15, 0.2) is 0 Å². The van der Waals surface area contributed by atoms with Gasteiger partial charge < -0.3 is 15.4 Å². The molecule has 6 heteroatoms. The smallest absolute Gasteiger partial charge is 0.251 e. The Hall–Kier alpha value is -3.15. The van der Waals surface area contributed by atoms with Crippen LogP contribution < -0.4 is 15.4 Å². The van der Waals surface area contributed by atoms with Gasteiger partial charge >= 0.3 is 0 Å². The summed E-state index contributed by atoms with van der Waals surface area (Å²) in [7, 11) is 1.50. The molecule has 0 saturated heterocycles. The lowest BCUT2D eigenvalue weighted by molar-refractivity contribution is -0.118. The molecule has 25 heavy (non-hydrogen) atoms. The number of ether oxygens (including phenoxy) is 1. The topological polar surface area (TPSA) is 72.6 Å². The first-order valence-corrected chi connectivity index (χ1v) is 7.67. The molecule has 0 fully saturated rings. The van der Waals surface area contributed by atoms with E-state index < -0.39 is 5.91 Å². The summed E-state index contributed by atoms with van der Waals surface area (Å²) in [5, 5.41) is 0. The first-order valence-electron chi connectivity index (χ1n) is 7.67. The summed E-state index contributed by atoms with van der Waals surface area (Å²) in [6.45, 7) is 0.113. The van der Waals surface area contributed by atoms with Crippen molar-refractivity contribution in [2.24, 2.45) is 5.73 Å². The lowest BCUT2D eigenvalue weighted by atomic mass is 10.2. The fraction of sp³-hybridized carbons (Fsp3) is 0.158. The van der Waals surface area contributed by atoms with Crippen LogP contribution in [0.25, 0.3) is 6.08 Å². The Morgan fingerprint density at radius 3 is 2.64 bits per heavy atom. The lowest BCUT2D eigenvalue weighted by Crippen LogP contribution is -2.33. The van der Waals surface area contributed by atoms with E-state index in [9.17, 15) is 14.0 Å². The Morgan fingerprint density at radius 1 is 1.20 bits per heavy atom. The molecule has 0 radical (unpaired) electrons. The minimum absolute atomic E-state index is 0.0115. The van der Waals surface area contributed by atoms with Gasteiger partial charge in [-0.3, -0.25) is 9.59 Å². The average Bonchev–Trinajstić information content (AvgIpc) is 2.60. The van der Waals surface area contributed by atoms with Gasteiger partial charge in [0.2, 0.25) is 5.91 Å². The van der Waals surface area contributed by atoms with Crippen molar-refractivity contribution < 1.29 is 18.7 Å². The highest BCUT2D eigenvalue weighted by Gasteiger charge is 2.17. The molecule has 0 atom stereocenters. The molecule has 5 nitrogen and oxygen atoms in total. The third-order valence-electron chi connectivity index (χ3n) is 3.49. The van der Waals surface area contributed by atoms with Crippen LogP contribution in [0.4, 0.5) is 10.1 Å². The molecule has 0 aliphatic rings. The van der Waals surface area contributed by atoms with Crippen LogP contribution in [0.2, 0.25) is 0 Å². The molecule has 0 aromatic heterocycles. The van der Waals surface area contributed by atoms with Crippen LogP contribution in [0.1, 0.15) is 12.0 Å². The maximum absolute atomic E-state index is 13.2. The molecule has 0 unspecified atom stereocenters. The van der Waals surface area contributed by atoms with E-state index in [2.05, 4.69) is 0 Å². The molecule has 0 saturated carbocycles. The average molecular weight is 342 g/mol. The quantitative estimate of drug-likeness (QED) is 0.787. The number of nitrogens with two attached hydrogens (primary N) is 1. The van der Waals surface area contributed by atoms with Crippen LogP contribution in [0.3, 0.4) is 0 Å². The molecule has 0 bridgehead atoms. The molecule has 2 amide bonds. The van der Waals surface area contributed by atoms with Gasteiger partial charge in [0.1, 0.15) is 11.6 Å². The second kappa shape index (κ2) is 8.63. The number of anilines is 1. The number of para-hydroxylation sites is 2. The van der Waals surface area contributed by atoms with Gasteiger partial charge in [0.25, 0.3) is 5.91 Å². The van der Waals surface area contributed by atoms with Crippen molar-refractivity contribution in [2.45, 2.75) is 6.42 Å². The van der Waals surface area contributed by atoms with Crippen molar-refractivity contribution in [3.63, 3.8) is 0 Å². The fourth-order valence-corrected chi connectivity index (χ4v) is 2.29. The minimum atomic E-state index is -0.512. The van der Waals surface area contributed by atoms with Crippen LogP contribution in [0, 0.1) is 5.82 Å². The Labute approximate surface area is 145 Å². The molecule has 130 valence electrons. The van der Waals surface area contributed by atoms with Gasteiger partial charge in [0, 0.05) is 19.0 Å². The third-order valence-corrected chi connectivity index (χ3v) is 3.49. The van der Waals surface area contributed by atoms with Crippen molar-refractivity contribution in [1.82, 2.24) is 0 Å². The van der Waals surface area contributed by atoms with Crippen LogP contribution in [0.15, 0.2) is 54.6 Å². The summed E-state index contributed by atoms with van der Waals surface area (Å²) < 4.78 is 18.5. The minimum Gasteiger partial charge on any atom is -0.495 e. The predicted molar refractivity (Wildman–Crippen MR) is 94.6 cm³/mol. The molecule has 0 heterocycles. The van der Waals surface area contributed by atoms with Crippen molar-refractivity contribution in [3.05, 3.63) is 66.0 Å². The molecule has 0 aliphatic carbocycles. The second-order valence-electron chi connectivity index (χ2n) is 5.27. The number of amides is 2. The molecule has 2 aromatic rings. The Morgan fingerprint density at radius 2 is 1.96 bits per heavy atom. The molecule has 2 rings (SSSR count). The van der Waals surface area contributed by atoms with E-state index >= 15 is 0 Å². The number of carbonyl (C=O) groups excluding carboxylic acids is 2. The number of rotatable bonds is 7. The number of halogens is 1. The van der Waals surface area contributed by atoms with Gasteiger partial charge in [-0.15, -0.1) is 0 Å². The molecule has 2 N–H and O–H groups in total. The van der Waals surface area contributed by atoms with E-state index in [1.165, 1.54) is 36.3 Å². The number of nitrogens with zero attached hydrogens (tertiary/aromatic N) is 1. The summed E-state index contributed by atoms with van der Waals surface area (Å²) in [4.78, 5) is 25.1. The van der Waals surface area contributed by atoms with E-state index in [0.717, 1.165) is 0 Å². The number of hydrogen-bond donors (Lipinski definition) is 1. The number of primary amides is 1. The number of benzene rings is 2. The molecule has 0 aliphatic heterocycles. The van der Waals surface area contributed by atoms with Crippen LogP contribution >= 0.6 is 0 Å². The van der Waals surface area contributed by atoms with Crippen molar-refractivity contribution in [1.29, 1.82) is 0 Å². The van der Waals surface area contributed by atoms with Crippen molar-refractivity contribution >= 4 is 23.6 Å². The summed E-state index contributed by atoms with van der Waals surface area (Å²) in [6.07, 6.45) is 2.85. The Kier molecular flexibility index (Phi) is 6.28. The zero-order valence-corrected chi connectivity index (χ0v) is 13.8. The number of carbonyl (C=O) groups is 2. The SMILES string of the molecule is COc1ccccc1N(CCC(N)=O)C(=O)/C=C/c1cccc(F)c1. The standard InChI is InChI=1S/C19H19FN2O3/c1-25-17-8-3-2-7-16(17)22(12-11-18(21)23)19(24)10-9-14-5-4-6-15(20)13-14/h2-10,13H,11-12H2,1H3,(H2,21,23)/b10-9+. The second-order valence-corrected chi connectivity index (χ2v) is 5.27. The monoisotopic (exact) mass is 342 g/mol. The van der Waals surface area contributed by atoms with E-state index in [4.69, 9.17) is 10.5 Å². The normalized spacial score (nSPS) is 10.6. The Balaban J connectivity index is 2.28. The maximum Gasteiger partial charge on any atom is 0.251 e. The highest BCUT2D eigenvalue weighted by Crippen LogP contribution is 2.28. The highest BCUT2D eigenvalue weighted by atomic mass is 19.1. The van der Waals surface area contributed by atoms with Crippen molar-refractivity contribution in [3.8, 4) is 5.75 Å². The Bertz CT molecular complexity index is 790. The van der Waals surface area contributed by atoms with Gasteiger partial charge in [0.05, 0.1) is 12.8 Å². The predicted octanol–water partition coefficient (Wildman–Crippen LogP) is 2.76. The molecular weight excluding hydrogens is 323 g/mol. The summed E-state index contributed by atoms with van der Waals surface area (Å²) in [6, 6.07) is 12.9. The zero-order valence-electron chi connectivity index (χ0n) is 13.8. The van der Waals surface area contributed by atoms with E-state index in [0.29, 0.717) is 17.0 Å².